The van der Waals surface area contributed by atoms with Gasteiger partial charge in [0.2, 0.25) is 5.76 Å². The average molecular weight is 584 g/mol. The van der Waals surface area contributed by atoms with E-state index in [-0.39, 0.29) is 52.9 Å². The highest BCUT2D eigenvalue weighted by molar-refractivity contribution is 6.12. The van der Waals surface area contributed by atoms with Crippen molar-refractivity contribution in [3.05, 3.63) is 65.7 Å². The second-order valence-corrected chi connectivity index (χ2v) is 8.94. The minimum absolute atomic E-state index is 0.0106. The molecule has 0 aliphatic heterocycles. The van der Waals surface area contributed by atoms with Crippen LogP contribution in [0.4, 0.5) is 26.3 Å². The number of Topliss-reactive ketones (excluding diaryl/α,β-unsaturated/α-hetero) is 1. The number of aryl methyl sites for hydroxylation is 2. The van der Waals surface area contributed by atoms with Gasteiger partial charge in [0.25, 0.3) is 5.78 Å². The lowest BCUT2D eigenvalue weighted by atomic mass is 10.0. The SMILES string of the molecule is C=C(Oc1cccc2c1c(C(=O)C(F)(F)F)cn2CCCOc1ccc2c(C(F)(F)F)noc2c1CCC)C(=O)O. The molecule has 2 aromatic carbocycles. The molecule has 1 N–H and O–H groups in total. The highest BCUT2D eigenvalue weighted by atomic mass is 19.4. The Morgan fingerprint density at radius 2 is 1.83 bits per heavy atom. The molecule has 0 fully saturated rings. The molecule has 0 bridgehead atoms. The number of ketones is 1. The Morgan fingerprint density at radius 3 is 2.46 bits per heavy atom. The molecule has 14 heteroatoms. The first-order valence-electron chi connectivity index (χ1n) is 12.2. The summed E-state index contributed by atoms with van der Waals surface area (Å²) < 4.78 is 97.2. The fourth-order valence-electron chi connectivity index (χ4n) is 4.38. The van der Waals surface area contributed by atoms with E-state index in [9.17, 15) is 35.9 Å². The van der Waals surface area contributed by atoms with Crippen molar-refractivity contribution in [1.29, 1.82) is 0 Å². The summed E-state index contributed by atoms with van der Waals surface area (Å²) in [5.41, 5.74) is -1.35. The van der Waals surface area contributed by atoms with Crippen molar-refractivity contribution in [2.75, 3.05) is 6.61 Å². The van der Waals surface area contributed by atoms with Crippen LogP contribution in [0.5, 0.6) is 11.5 Å². The number of ether oxygens (including phenoxy) is 2. The molecule has 0 aliphatic carbocycles. The van der Waals surface area contributed by atoms with Crippen LogP contribution < -0.4 is 9.47 Å². The maximum atomic E-state index is 13.4. The summed E-state index contributed by atoms with van der Waals surface area (Å²) in [6.45, 7) is 5.11. The van der Waals surface area contributed by atoms with E-state index in [0.29, 0.717) is 18.4 Å². The number of hydrogen-bond donors (Lipinski definition) is 1. The van der Waals surface area contributed by atoms with Gasteiger partial charge in [-0.3, -0.25) is 4.79 Å². The summed E-state index contributed by atoms with van der Waals surface area (Å²) >= 11 is 0. The number of alkyl halides is 6. The molecule has 41 heavy (non-hydrogen) atoms. The summed E-state index contributed by atoms with van der Waals surface area (Å²) in [6, 6.07) is 6.65. The zero-order chi connectivity index (χ0) is 30.1. The fourth-order valence-corrected chi connectivity index (χ4v) is 4.38. The smallest absolute Gasteiger partial charge is 0.454 e. The number of benzene rings is 2. The fraction of sp³-hybridized carbons (Fsp3) is 0.296. The summed E-state index contributed by atoms with van der Waals surface area (Å²) in [5, 5.41) is 11.8. The van der Waals surface area contributed by atoms with Crippen molar-refractivity contribution in [3.8, 4) is 11.5 Å². The third-order valence-electron chi connectivity index (χ3n) is 6.11. The summed E-state index contributed by atoms with van der Waals surface area (Å²) in [5.74, 6) is -4.45. The van der Waals surface area contributed by atoms with E-state index in [1.165, 1.54) is 34.9 Å². The van der Waals surface area contributed by atoms with Crippen LogP contribution in [0.15, 0.2) is 53.4 Å². The van der Waals surface area contributed by atoms with E-state index in [2.05, 4.69) is 11.7 Å². The first-order valence-corrected chi connectivity index (χ1v) is 12.2. The number of rotatable bonds is 11. The minimum Gasteiger partial charge on any atom is -0.493 e. The van der Waals surface area contributed by atoms with E-state index in [1.807, 2.05) is 6.92 Å². The number of fused-ring (bicyclic) bond motifs is 2. The molecule has 218 valence electrons. The number of carboxylic acid groups (broad SMARTS) is 1. The molecular weight excluding hydrogens is 562 g/mol. The monoisotopic (exact) mass is 584 g/mol. The first-order chi connectivity index (χ1) is 19.2. The molecule has 0 amide bonds. The molecule has 0 radical (unpaired) electrons. The number of nitrogens with zero attached hydrogens (tertiary/aromatic N) is 2. The third kappa shape index (κ3) is 6.00. The number of carboxylic acids is 1. The molecular formula is C27H22F6N2O6. The van der Waals surface area contributed by atoms with Gasteiger partial charge in [0.05, 0.1) is 28.5 Å². The lowest BCUT2D eigenvalue weighted by Gasteiger charge is -2.12. The Kier molecular flexibility index (Phi) is 8.04. The number of carbonyl (C=O) groups excluding carboxylic acids is 1. The van der Waals surface area contributed by atoms with Crippen molar-refractivity contribution >= 4 is 33.6 Å². The van der Waals surface area contributed by atoms with Crippen molar-refractivity contribution < 1.29 is 55.0 Å². The Hall–Kier alpha value is -4.49. The predicted octanol–water partition coefficient (Wildman–Crippen LogP) is 6.95. The molecule has 8 nitrogen and oxygen atoms in total. The van der Waals surface area contributed by atoms with Crippen LogP contribution in [0.25, 0.3) is 21.9 Å². The molecule has 2 heterocycles. The van der Waals surface area contributed by atoms with Crippen LogP contribution in [0.2, 0.25) is 0 Å². The van der Waals surface area contributed by atoms with Gasteiger partial charge in [-0.05, 0) is 43.7 Å². The van der Waals surface area contributed by atoms with E-state index in [4.69, 9.17) is 19.1 Å². The van der Waals surface area contributed by atoms with Crippen LogP contribution in [-0.2, 0) is 23.9 Å². The Bertz CT molecular complexity index is 1630. The van der Waals surface area contributed by atoms with Crippen molar-refractivity contribution in [3.63, 3.8) is 0 Å². The van der Waals surface area contributed by atoms with Gasteiger partial charge < -0.3 is 23.7 Å². The van der Waals surface area contributed by atoms with Crippen molar-refractivity contribution in [2.24, 2.45) is 0 Å². The van der Waals surface area contributed by atoms with Gasteiger partial charge >= 0.3 is 18.3 Å². The first kappa shape index (κ1) is 29.5. The van der Waals surface area contributed by atoms with Crippen LogP contribution >= 0.6 is 0 Å². The predicted molar refractivity (Wildman–Crippen MR) is 133 cm³/mol. The molecule has 0 unspecified atom stereocenters. The van der Waals surface area contributed by atoms with Crippen molar-refractivity contribution in [2.45, 2.75) is 45.1 Å². The third-order valence-corrected chi connectivity index (χ3v) is 6.11. The zero-order valence-electron chi connectivity index (χ0n) is 21.4. The van der Waals surface area contributed by atoms with Crippen LogP contribution in [0, 0.1) is 0 Å². The molecule has 0 spiro atoms. The molecule has 4 aromatic rings. The van der Waals surface area contributed by atoms with Gasteiger partial charge in [0.1, 0.15) is 11.5 Å². The van der Waals surface area contributed by atoms with E-state index in [1.54, 1.807) is 0 Å². The largest absolute Gasteiger partial charge is 0.493 e. The molecule has 4 rings (SSSR count). The number of hydrogen-bond acceptors (Lipinski definition) is 6. The van der Waals surface area contributed by atoms with Crippen LogP contribution in [0.3, 0.4) is 0 Å². The highest BCUT2D eigenvalue weighted by Crippen LogP contribution is 2.39. The number of aromatic nitrogens is 2. The number of carbonyl (C=O) groups is 2. The quantitative estimate of drug-likeness (QED) is 0.0669. The van der Waals surface area contributed by atoms with Gasteiger partial charge in [-0.1, -0.05) is 24.6 Å². The maximum Gasteiger partial charge on any atom is 0.454 e. The topological polar surface area (TPSA) is 104 Å². The van der Waals surface area contributed by atoms with Gasteiger partial charge in [0.15, 0.2) is 11.3 Å². The lowest BCUT2D eigenvalue weighted by molar-refractivity contribution is -0.141. The molecule has 0 aliphatic rings. The minimum atomic E-state index is -5.21. The Morgan fingerprint density at radius 1 is 1.10 bits per heavy atom. The maximum absolute atomic E-state index is 13.4. The summed E-state index contributed by atoms with van der Waals surface area (Å²) in [4.78, 5) is 23.4. The molecule has 0 saturated heterocycles. The normalized spacial score (nSPS) is 12.2. The van der Waals surface area contributed by atoms with Gasteiger partial charge in [0, 0.05) is 18.3 Å². The summed E-state index contributed by atoms with van der Waals surface area (Å²) in [6.07, 6.45) is -7.78. The number of halogens is 6. The molecule has 0 saturated carbocycles. The standard InChI is InChI=1S/C27H22F6N2O6/c1-3-6-15-19(10-9-16-22(15)41-34-23(16)26(28,29)30)39-12-5-11-35-13-17(24(36)27(31,32)33)21-18(35)7-4-8-20(21)40-14(2)25(37)38/h4,7-10,13H,2-3,5-6,11-12H2,1H3,(H,37,38). The van der Waals surface area contributed by atoms with E-state index in [0.717, 1.165) is 6.20 Å². The highest BCUT2D eigenvalue weighted by Gasteiger charge is 2.41. The Labute approximate surface area is 227 Å². The molecule has 0 atom stereocenters. The van der Waals surface area contributed by atoms with Crippen molar-refractivity contribution in [1.82, 2.24) is 9.72 Å². The van der Waals surface area contributed by atoms with Gasteiger partial charge in [-0.2, -0.15) is 26.3 Å². The lowest BCUT2D eigenvalue weighted by Crippen LogP contribution is -2.22. The van der Waals surface area contributed by atoms with Crippen LogP contribution in [-0.4, -0.2) is 39.4 Å². The average Bonchev–Trinajstić information content (AvgIpc) is 3.49. The van der Waals surface area contributed by atoms with E-state index >= 15 is 0 Å². The zero-order valence-corrected chi connectivity index (χ0v) is 21.4. The molecule has 2 aromatic heterocycles. The second kappa shape index (κ2) is 11.2. The Balaban J connectivity index is 1.59. The van der Waals surface area contributed by atoms with Crippen LogP contribution in [0.1, 0.15) is 41.4 Å². The summed E-state index contributed by atoms with van der Waals surface area (Å²) in [7, 11) is 0. The second-order valence-electron chi connectivity index (χ2n) is 8.94. The van der Waals surface area contributed by atoms with Gasteiger partial charge in [-0.25, -0.2) is 4.79 Å². The van der Waals surface area contributed by atoms with E-state index < -0.39 is 41.1 Å². The number of aliphatic carboxylic acids is 1. The van der Waals surface area contributed by atoms with Gasteiger partial charge in [-0.15, -0.1) is 0 Å².